The molecule has 34 heavy (non-hydrogen) atoms. The van der Waals surface area contributed by atoms with E-state index in [-0.39, 0.29) is 30.9 Å². The molecule has 184 valence electrons. The minimum atomic E-state index is -1.01. The summed E-state index contributed by atoms with van der Waals surface area (Å²) in [6, 6.07) is 5.39. The summed E-state index contributed by atoms with van der Waals surface area (Å²) in [5.41, 5.74) is 0.616. The van der Waals surface area contributed by atoms with Gasteiger partial charge in [-0.3, -0.25) is 14.4 Å². The molecule has 1 spiro atoms. The van der Waals surface area contributed by atoms with Crippen molar-refractivity contribution in [2.45, 2.75) is 55.2 Å². The van der Waals surface area contributed by atoms with Gasteiger partial charge in [-0.05, 0) is 49.9 Å². The second-order valence-electron chi connectivity index (χ2n) is 10.0. The van der Waals surface area contributed by atoms with E-state index < -0.39 is 39.4 Å². The van der Waals surface area contributed by atoms with E-state index >= 15 is 0 Å². The van der Waals surface area contributed by atoms with E-state index in [1.165, 1.54) is 16.7 Å². The molecular weight excluding hydrogens is 476 g/mol. The molecule has 1 aromatic carbocycles. The van der Waals surface area contributed by atoms with Crippen LogP contribution in [0.2, 0.25) is 5.02 Å². The quantitative estimate of drug-likeness (QED) is 0.524. The molecule has 3 aliphatic rings. The first-order valence-electron chi connectivity index (χ1n) is 11.6. The van der Waals surface area contributed by atoms with E-state index in [9.17, 15) is 24.6 Å². The Morgan fingerprint density at radius 3 is 2.50 bits per heavy atom. The van der Waals surface area contributed by atoms with E-state index in [0.29, 0.717) is 23.6 Å². The van der Waals surface area contributed by atoms with Crippen LogP contribution in [0.4, 0.5) is 5.69 Å². The summed E-state index contributed by atoms with van der Waals surface area (Å²) in [6.45, 7) is 9.39. The van der Waals surface area contributed by atoms with E-state index in [2.05, 4.69) is 6.58 Å². The Balaban J connectivity index is 1.86. The van der Waals surface area contributed by atoms with Crippen LogP contribution in [0.1, 0.15) is 33.6 Å². The Hall–Kier alpha value is -2.03. The van der Waals surface area contributed by atoms with E-state index in [4.69, 9.17) is 11.6 Å². The largest absolute Gasteiger partial charge is 0.481 e. The van der Waals surface area contributed by atoms with E-state index in [1.54, 1.807) is 35.2 Å². The molecule has 2 unspecified atom stereocenters. The van der Waals surface area contributed by atoms with Gasteiger partial charge in [0.25, 0.3) is 5.91 Å². The summed E-state index contributed by atoms with van der Waals surface area (Å²) >= 11 is 7.54. The van der Waals surface area contributed by atoms with Crippen molar-refractivity contribution >= 4 is 46.8 Å². The normalized spacial score (nSPS) is 32.7. The Labute approximate surface area is 209 Å². The second kappa shape index (κ2) is 8.88. The highest BCUT2D eigenvalue weighted by atomic mass is 35.5. The van der Waals surface area contributed by atoms with Crippen molar-refractivity contribution in [1.82, 2.24) is 4.90 Å². The summed E-state index contributed by atoms with van der Waals surface area (Å²) in [6.07, 6.45) is 2.80. The van der Waals surface area contributed by atoms with Crippen LogP contribution in [0.5, 0.6) is 0 Å². The smallest absolute Gasteiger partial charge is 0.308 e. The zero-order chi connectivity index (χ0) is 25.0. The van der Waals surface area contributed by atoms with Crippen molar-refractivity contribution in [2.75, 3.05) is 18.1 Å². The average Bonchev–Trinajstić information content (AvgIpc) is 3.34. The second-order valence-corrected chi connectivity index (χ2v) is 12.4. The molecule has 2 bridgehead atoms. The highest BCUT2D eigenvalue weighted by Gasteiger charge is 2.78. The lowest BCUT2D eigenvalue weighted by molar-refractivity contribution is -0.151. The van der Waals surface area contributed by atoms with Crippen molar-refractivity contribution in [3.63, 3.8) is 0 Å². The van der Waals surface area contributed by atoms with Crippen LogP contribution < -0.4 is 4.90 Å². The predicted octanol–water partition coefficient (Wildman–Crippen LogP) is 3.44. The molecular formula is C25H31ClN2O5S. The number of hydrogen-bond acceptors (Lipinski definition) is 5. The molecule has 7 nitrogen and oxygen atoms in total. The molecule has 3 saturated heterocycles. The lowest BCUT2D eigenvalue weighted by Crippen LogP contribution is -2.58. The first-order chi connectivity index (χ1) is 16.0. The monoisotopic (exact) mass is 506 g/mol. The number of anilines is 1. The molecule has 1 aromatic rings. The van der Waals surface area contributed by atoms with Crippen molar-refractivity contribution < 1.29 is 24.6 Å². The molecule has 0 saturated carbocycles. The number of likely N-dealkylation sites (tertiary alicyclic amines) is 1. The molecule has 4 rings (SSSR count). The maximum Gasteiger partial charge on any atom is 0.308 e. The summed E-state index contributed by atoms with van der Waals surface area (Å²) < 4.78 is -1.48. The third-order valence-electron chi connectivity index (χ3n) is 7.74. The molecule has 3 heterocycles. The first kappa shape index (κ1) is 25.1. The van der Waals surface area contributed by atoms with Gasteiger partial charge in [0.05, 0.1) is 29.2 Å². The number of aliphatic hydroxyl groups excluding tert-OH is 1. The summed E-state index contributed by atoms with van der Waals surface area (Å²) in [5, 5.41) is 20.9. The molecule has 9 heteroatoms. The molecule has 3 fully saturated rings. The van der Waals surface area contributed by atoms with Gasteiger partial charge < -0.3 is 20.0 Å². The van der Waals surface area contributed by atoms with Crippen LogP contribution in [0, 0.1) is 17.8 Å². The Morgan fingerprint density at radius 2 is 1.97 bits per heavy atom. The number of carboxylic acids is 1. The van der Waals surface area contributed by atoms with Gasteiger partial charge in [0.2, 0.25) is 5.91 Å². The van der Waals surface area contributed by atoms with Crippen molar-refractivity contribution in [2.24, 2.45) is 17.8 Å². The Kier molecular flexibility index (Phi) is 6.55. The number of thioether (sulfide) groups is 1. The lowest BCUT2D eigenvalue weighted by Gasteiger charge is -2.40. The number of amides is 2. The highest BCUT2D eigenvalue weighted by Crippen LogP contribution is 2.71. The number of fused-ring (bicyclic) bond motifs is 1. The minimum Gasteiger partial charge on any atom is -0.481 e. The zero-order valence-electron chi connectivity index (χ0n) is 19.6. The number of benzene rings is 1. The van der Waals surface area contributed by atoms with Gasteiger partial charge in [-0.15, -0.1) is 18.3 Å². The first-order valence-corrected chi connectivity index (χ1v) is 12.8. The van der Waals surface area contributed by atoms with Crippen LogP contribution >= 0.6 is 23.4 Å². The number of aliphatic hydroxyl groups is 1. The molecule has 0 aromatic heterocycles. The van der Waals surface area contributed by atoms with Crippen LogP contribution in [0.3, 0.4) is 0 Å². The number of rotatable bonds is 8. The van der Waals surface area contributed by atoms with E-state index in [0.717, 1.165) is 0 Å². The van der Waals surface area contributed by atoms with Crippen LogP contribution in [-0.2, 0) is 14.4 Å². The number of nitrogens with zero attached hydrogens (tertiary/aromatic N) is 2. The average molecular weight is 507 g/mol. The maximum atomic E-state index is 14.3. The number of halogens is 1. The molecule has 2 N–H and O–H groups in total. The van der Waals surface area contributed by atoms with Gasteiger partial charge in [-0.2, -0.15) is 0 Å². The van der Waals surface area contributed by atoms with Crippen LogP contribution in [0.15, 0.2) is 36.9 Å². The van der Waals surface area contributed by atoms with Crippen LogP contribution in [0.25, 0.3) is 0 Å². The van der Waals surface area contributed by atoms with Gasteiger partial charge in [0.1, 0.15) is 6.04 Å². The third kappa shape index (κ3) is 3.57. The standard InChI is InChI=1S/C25H31ClN2O5S/c1-5-12-27(16-8-6-15(26)7-9-16)22(31)20-25-11-10-24(4,34-25)19(23(32)33)18(25)21(30)28(20)17(13-29)14(2)3/h5-9,14,17-20,29H,1,10-13H2,2-4H3,(H,32,33)/t17-,18-,19+,20?,24-,25?/m0/s1. The van der Waals surface area contributed by atoms with Gasteiger partial charge >= 0.3 is 5.97 Å². The van der Waals surface area contributed by atoms with Gasteiger partial charge in [0.15, 0.2) is 0 Å². The number of carbonyl (C=O) groups excluding carboxylic acids is 2. The number of hydrogen-bond donors (Lipinski definition) is 2. The fourth-order valence-corrected chi connectivity index (χ4v) is 8.67. The fourth-order valence-electron chi connectivity index (χ4n) is 6.22. The summed E-state index contributed by atoms with van der Waals surface area (Å²) in [5.74, 6) is -3.46. The SMILES string of the molecule is C=CCN(C(=O)C1N([C@@H](CO)C(C)C)C(=O)[C@@H]2[C@H](C(=O)O)[C@]3(C)CCC12S3)c1ccc(Cl)cc1. The molecule has 0 radical (unpaired) electrons. The highest BCUT2D eigenvalue weighted by molar-refractivity contribution is 8.02. The van der Waals surface area contributed by atoms with Crippen LogP contribution in [-0.4, -0.2) is 67.6 Å². The predicted molar refractivity (Wildman–Crippen MR) is 133 cm³/mol. The number of carbonyl (C=O) groups is 3. The minimum absolute atomic E-state index is 0.121. The number of aliphatic carboxylic acids is 1. The Bertz CT molecular complexity index is 1020. The van der Waals surface area contributed by atoms with Gasteiger partial charge in [-0.25, -0.2) is 0 Å². The van der Waals surface area contributed by atoms with Gasteiger partial charge in [0, 0.05) is 22.0 Å². The summed E-state index contributed by atoms with van der Waals surface area (Å²) in [4.78, 5) is 43.7. The number of carboxylic acid groups (broad SMARTS) is 1. The topological polar surface area (TPSA) is 98.2 Å². The maximum absolute atomic E-state index is 14.3. The Morgan fingerprint density at radius 1 is 1.32 bits per heavy atom. The van der Waals surface area contributed by atoms with Gasteiger partial charge in [-0.1, -0.05) is 31.5 Å². The third-order valence-corrected chi connectivity index (χ3v) is 9.98. The van der Waals surface area contributed by atoms with E-state index in [1.807, 2.05) is 20.8 Å². The molecule has 0 aliphatic carbocycles. The molecule has 2 amide bonds. The van der Waals surface area contributed by atoms with Crippen molar-refractivity contribution in [1.29, 1.82) is 0 Å². The van der Waals surface area contributed by atoms with Crippen molar-refractivity contribution in [3.8, 4) is 0 Å². The molecule has 3 aliphatic heterocycles. The zero-order valence-corrected chi connectivity index (χ0v) is 21.2. The van der Waals surface area contributed by atoms with Crippen molar-refractivity contribution in [3.05, 3.63) is 41.9 Å². The fraction of sp³-hybridized carbons (Fsp3) is 0.560. The lowest BCUT2D eigenvalue weighted by atomic mass is 9.66. The summed E-state index contributed by atoms with van der Waals surface area (Å²) in [7, 11) is 0. The molecule has 6 atom stereocenters.